The maximum atomic E-state index is 5.64. The Morgan fingerprint density at radius 3 is 2.12 bits per heavy atom. The number of hydrogen-bond acceptors (Lipinski definition) is 3. The lowest BCUT2D eigenvalue weighted by Crippen LogP contribution is -2.31. The first-order chi connectivity index (χ1) is 7.76. The molecule has 0 bridgehead atoms. The van der Waals surface area contributed by atoms with E-state index in [1.54, 1.807) is 0 Å². The van der Waals surface area contributed by atoms with Gasteiger partial charge in [-0.1, -0.05) is 6.92 Å². The lowest BCUT2D eigenvalue weighted by molar-refractivity contribution is 0.274. The molecule has 0 saturated carbocycles. The predicted molar refractivity (Wildman–Crippen MR) is 66.2 cm³/mol. The van der Waals surface area contributed by atoms with Gasteiger partial charge < -0.3 is 14.8 Å². The van der Waals surface area contributed by atoms with Crippen molar-refractivity contribution in [3.05, 3.63) is 24.3 Å². The summed E-state index contributed by atoms with van der Waals surface area (Å²) < 4.78 is 11.0. The molecule has 1 unspecified atom stereocenters. The average molecular weight is 223 g/mol. The third-order valence-electron chi connectivity index (χ3n) is 2.19. The first-order valence-electron chi connectivity index (χ1n) is 5.85. The zero-order valence-corrected chi connectivity index (χ0v) is 10.3. The molecule has 1 rings (SSSR count). The van der Waals surface area contributed by atoms with E-state index in [0.29, 0.717) is 19.3 Å². The van der Waals surface area contributed by atoms with Gasteiger partial charge in [-0.25, -0.2) is 0 Å². The van der Waals surface area contributed by atoms with Crippen LogP contribution in [0.5, 0.6) is 11.5 Å². The summed E-state index contributed by atoms with van der Waals surface area (Å²) in [6.45, 7) is 8.52. The quantitative estimate of drug-likeness (QED) is 0.770. The third kappa shape index (κ3) is 4.53. The van der Waals surface area contributed by atoms with Crippen molar-refractivity contribution < 1.29 is 9.47 Å². The Labute approximate surface area is 97.8 Å². The third-order valence-corrected chi connectivity index (χ3v) is 2.19. The Kier molecular flexibility index (Phi) is 5.72. The largest absolute Gasteiger partial charge is 0.494 e. The Bertz CT molecular complexity index is 284. The summed E-state index contributed by atoms with van der Waals surface area (Å²) in [7, 11) is 0. The van der Waals surface area contributed by atoms with Crippen molar-refractivity contribution in [1.82, 2.24) is 5.32 Å². The fraction of sp³-hybridized carbons (Fsp3) is 0.538. The van der Waals surface area contributed by atoms with Gasteiger partial charge in [-0.05, 0) is 44.7 Å². The number of likely N-dealkylation sites (N-methyl/N-ethyl adjacent to an activating group) is 1. The van der Waals surface area contributed by atoms with Gasteiger partial charge in [0.25, 0.3) is 0 Å². The molecule has 1 atom stereocenters. The lowest BCUT2D eigenvalue weighted by atomic mass is 10.3. The predicted octanol–water partition coefficient (Wildman–Crippen LogP) is 2.46. The molecule has 90 valence electrons. The minimum absolute atomic E-state index is 0.372. The molecule has 0 fully saturated rings. The van der Waals surface area contributed by atoms with Crippen molar-refractivity contribution in [2.45, 2.75) is 26.8 Å². The average Bonchev–Trinajstić information content (AvgIpc) is 2.29. The monoisotopic (exact) mass is 223 g/mol. The van der Waals surface area contributed by atoms with E-state index in [4.69, 9.17) is 9.47 Å². The van der Waals surface area contributed by atoms with E-state index in [-0.39, 0.29) is 0 Å². The van der Waals surface area contributed by atoms with Gasteiger partial charge in [0, 0.05) is 6.04 Å². The van der Waals surface area contributed by atoms with Crippen molar-refractivity contribution in [2.75, 3.05) is 19.8 Å². The molecule has 0 radical (unpaired) electrons. The van der Waals surface area contributed by atoms with Crippen molar-refractivity contribution in [3.8, 4) is 11.5 Å². The van der Waals surface area contributed by atoms with Crippen LogP contribution in [0.4, 0.5) is 0 Å². The first kappa shape index (κ1) is 12.8. The highest BCUT2D eigenvalue weighted by Crippen LogP contribution is 2.17. The fourth-order valence-electron chi connectivity index (χ4n) is 1.43. The second-order valence-electron chi connectivity index (χ2n) is 3.67. The Morgan fingerprint density at radius 1 is 1.06 bits per heavy atom. The van der Waals surface area contributed by atoms with E-state index in [2.05, 4.69) is 19.2 Å². The van der Waals surface area contributed by atoms with Gasteiger partial charge in [0.1, 0.15) is 18.1 Å². The summed E-state index contributed by atoms with van der Waals surface area (Å²) in [4.78, 5) is 0. The van der Waals surface area contributed by atoms with Gasteiger partial charge in [0.2, 0.25) is 0 Å². The molecule has 0 saturated heterocycles. The Balaban J connectivity index is 2.37. The smallest absolute Gasteiger partial charge is 0.119 e. The van der Waals surface area contributed by atoms with Crippen molar-refractivity contribution in [3.63, 3.8) is 0 Å². The van der Waals surface area contributed by atoms with Crippen LogP contribution in [0.15, 0.2) is 24.3 Å². The highest BCUT2D eigenvalue weighted by molar-refractivity contribution is 5.31. The Morgan fingerprint density at radius 2 is 1.62 bits per heavy atom. The van der Waals surface area contributed by atoms with Crippen LogP contribution in [-0.4, -0.2) is 25.8 Å². The van der Waals surface area contributed by atoms with Crippen molar-refractivity contribution in [2.24, 2.45) is 0 Å². The SMILES string of the molecule is CCNC(C)COc1ccc(OCC)cc1. The second-order valence-corrected chi connectivity index (χ2v) is 3.67. The molecule has 0 aliphatic carbocycles. The number of ether oxygens (including phenoxy) is 2. The van der Waals surface area contributed by atoms with Crippen LogP contribution in [-0.2, 0) is 0 Å². The molecule has 0 spiro atoms. The number of nitrogens with one attached hydrogen (secondary N) is 1. The van der Waals surface area contributed by atoms with Crippen LogP contribution in [0.3, 0.4) is 0 Å². The standard InChI is InChI=1S/C13H21NO2/c1-4-14-11(3)10-16-13-8-6-12(7-9-13)15-5-2/h6-9,11,14H,4-5,10H2,1-3H3. The van der Waals surface area contributed by atoms with Gasteiger partial charge in [-0.15, -0.1) is 0 Å². The van der Waals surface area contributed by atoms with E-state index in [0.717, 1.165) is 18.0 Å². The maximum absolute atomic E-state index is 5.64. The molecule has 1 aromatic rings. The summed E-state index contributed by atoms with van der Waals surface area (Å²) >= 11 is 0. The second kappa shape index (κ2) is 7.12. The highest BCUT2D eigenvalue weighted by Gasteiger charge is 2.01. The highest BCUT2D eigenvalue weighted by atomic mass is 16.5. The van der Waals surface area contributed by atoms with Crippen LogP contribution in [0.2, 0.25) is 0 Å². The molecule has 0 aliphatic heterocycles. The van der Waals surface area contributed by atoms with E-state index in [1.165, 1.54) is 0 Å². The van der Waals surface area contributed by atoms with E-state index < -0.39 is 0 Å². The molecule has 1 N–H and O–H groups in total. The summed E-state index contributed by atoms with van der Waals surface area (Å²) in [6, 6.07) is 8.09. The van der Waals surface area contributed by atoms with Gasteiger partial charge in [0.05, 0.1) is 6.61 Å². The van der Waals surface area contributed by atoms with Crippen LogP contribution in [0, 0.1) is 0 Å². The van der Waals surface area contributed by atoms with Gasteiger partial charge in [0.15, 0.2) is 0 Å². The molecule has 0 aromatic heterocycles. The van der Waals surface area contributed by atoms with E-state index in [1.807, 2.05) is 31.2 Å². The minimum Gasteiger partial charge on any atom is -0.494 e. The van der Waals surface area contributed by atoms with Crippen molar-refractivity contribution >= 4 is 0 Å². The lowest BCUT2D eigenvalue weighted by Gasteiger charge is -2.13. The van der Waals surface area contributed by atoms with Gasteiger partial charge in [-0.2, -0.15) is 0 Å². The fourth-order valence-corrected chi connectivity index (χ4v) is 1.43. The maximum Gasteiger partial charge on any atom is 0.119 e. The summed E-state index contributed by atoms with van der Waals surface area (Å²) in [5.41, 5.74) is 0. The number of benzene rings is 1. The topological polar surface area (TPSA) is 30.5 Å². The van der Waals surface area contributed by atoms with Crippen LogP contribution >= 0.6 is 0 Å². The summed E-state index contributed by atoms with van der Waals surface area (Å²) in [6.07, 6.45) is 0. The van der Waals surface area contributed by atoms with Gasteiger partial charge in [-0.3, -0.25) is 0 Å². The molecule has 1 aromatic carbocycles. The number of hydrogen-bond donors (Lipinski definition) is 1. The molecule has 0 aliphatic rings. The van der Waals surface area contributed by atoms with Crippen LogP contribution in [0.1, 0.15) is 20.8 Å². The van der Waals surface area contributed by atoms with Gasteiger partial charge >= 0.3 is 0 Å². The molecule has 0 heterocycles. The minimum atomic E-state index is 0.372. The van der Waals surface area contributed by atoms with E-state index in [9.17, 15) is 0 Å². The molecule has 16 heavy (non-hydrogen) atoms. The van der Waals surface area contributed by atoms with Crippen molar-refractivity contribution in [1.29, 1.82) is 0 Å². The van der Waals surface area contributed by atoms with E-state index >= 15 is 0 Å². The van der Waals surface area contributed by atoms with Crippen LogP contribution < -0.4 is 14.8 Å². The normalized spacial score (nSPS) is 12.2. The zero-order chi connectivity index (χ0) is 11.8. The summed E-state index contributed by atoms with van der Waals surface area (Å²) in [5.74, 6) is 1.77. The number of rotatable bonds is 7. The molecular formula is C13H21NO2. The van der Waals surface area contributed by atoms with Crippen LogP contribution in [0.25, 0.3) is 0 Å². The molecule has 3 nitrogen and oxygen atoms in total. The molecule has 0 amide bonds. The summed E-state index contributed by atoms with van der Waals surface area (Å²) in [5, 5.41) is 3.30. The zero-order valence-electron chi connectivity index (χ0n) is 10.3. The first-order valence-corrected chi connectivity index (χ1v) is 5.85. The molecule has 3 heteroatoms. The Hall–Kier alpha value is -1.22. The molecular weight excluding hydrogens is 202 g/mol.